The Labute approximate surface area is 244 Å². The molecular weight excluding hydrogens is 634 g/mol. The van der Waals surface area contributed by atoms with Crippen molar-refractivity contribution >= 4 is 43.5 Å². The summed E-state index contributed by atoms with van der Waals surface area (Å²) in [6, 6.07) is 1.51. The van der Waals surface area contributed by atoms with Crippen molar-refractivity contribution in [3.63, 3.8) is 0 Å². The van der Waals surface area contributed by atoms with E-state index < -0.39 is 83.5 Å². The SMILES string of the molecule is Nc1ccnc2c1ncn2[C@@H]1O[C@@H]2COP(=O)(O)O[C@@H]3[C@H](O)[C@@H](COP(=O)(O)O[C@H]2[C@H]1O)O[C@H]3n1ncc2c(=O)[nH]cnc21. The number of imidazole rings is 1. The molecule has 44 heavy (non-hydrogen) atoms. The number of aliphatic hydroxyl groups excluding tert-OH is 2. The molecule has 4 aromatic heterocycles. The highest BCUT2D eigenvalue weighted by atomic mass is 31.2. The van der Waals surface area contributed by atoms with Crippen molar-refractivity contribution in [3.05, 3.63) is 41.5 Å². The molecule has 0 aliphatic carbocycles. The number of fused-ring (bicyclic) bond motifs is 5. The number of anilines is 1. The third-order valence-corrected chi connectivity index (χ3v) is 9.31. The molecule has 0 aromatic carbocycles. The molecule has 2 bridgehead atoms. The zero-order valence-corrected chi connectivity index (χ0v) is 23.8. The zero-order valence-electron chi connectivity index (χ0n) is 22.0. The number of aliphatic hydroxyl groups is 2. The van der Waals surface area contributed by atoms with Gasteiger partial charge in [0.2, 0.25) is 0 Å². The van der Waals surface area contributed by atoms with Crippen LogP contribution in [-0.4, -0.2) is 104 Å². The summed E-state index contributed by atoms with van der Waals surface area (Å²) in [5, 5.41) is 26.2. The first-order chi connectivity index (χ1) is 20.9. The second kappa shape index (κ2) is 10.7. The fourth-order valence-electron chi connectivity index (χ4n) is 5.28. The molecule has 0 radical (unpaired) electrons. The summed E-state index contributed by atoms with van der Waals surface area (Å²) in [6.07, 6.45) is -7.52. The van der Waals surface area contributed by atoms with Gasteiger partial charge in [-0.15, -0.1) is 0 Å². The van der Waals surface area contributed by atoms with E-state index in [0.29, 0.717) is 5.52 Å². The lowest BCUT2D eigenvalue weighted by molar-refractivity contribution is -0.0703. The van der Waals surface area contributed by atoms with Crippen molar-refractivity contribution in [2.45, 2.75) is 49.1 Å². The predicted molar refractivity (Wildman–Crippen MR) is 141 cm³/mol. The van der Waals surface area contributed by atoms with E-state index in [1.807, 2.05) is 0 Å². The van der Waals surface area contributed by atoms with Crippen LogP contribution in [-0.2, 0) is 36.7 Å². The molecule has 0 amide bonds. The van der Waals surface area contributed by atoms with E-state index in [-0.39, 0.29) is 22.4 Å². The molecule has 0 spiro atoms. The Morgan fingerprint density at radius 2 is 1.64 bits per heavy atom. The normalized spacial score (nSPS) is 38.3. The van der Waals surface area contributed by atoms with Gasteiger partial charge in [0.15, 0.2) is 23.8 Å². The average molecular weight is 658 g/mol. The molecule has 2 unspecified atom stereocenters. The lowest BCUT2D eigenvalue weighted by Gasteiger charge is -2.25. The molecule has 3 aliphatic heterocycles. The summed E-state index contributed by atoms with van der Waals surface area (Å²) >= 11 is 0. The maximum atomic E-state index is 13.2. The number of nitrogens with one attached hydrogen (secondary N) is 1. The molecule has 10 atom stereocenters. The minimum absolute atomic E-state index is 0.0161. The molecule has 236 valence electrons. The van der Waals surface area contributed by atoms with Crippen LogP contribution in [0.25, 0.3) is 22.2 Å². The van der Waals surface area contributed by atoms with E-state index in [2.05, 4.69) is 25.0 Å². The van der Waals surface area contributed by atoms with Gasteiger partial charge in [0.25, 0.3) is 5.56 Å². The number of ether oxygens (including phenoxy) is 2. The monoisotopic (exact) mass is 658 g/mol. The number of hydrogen-bond donors (Lipinski definition) is 6. The number of aromatic amines is 1. The number of phosphoric acid groups is 2. The van der Waals surface area contributed by atoms with Crippen LogP contribution in [0, 0.1) is 0 Å². The van der Waals surface area contributed by atoms with Crippen molar-refractivity contribution in [2.24, 2.45) is 0 Å². The highest BCUT2D eigenvalue weighted by Gasteiger charge is 2.54. The number of nitrogens with two attached hydrogens (primary N) is 1. The minimum atomic E-state index is -5.08. The van der Waals surface area contributed by atoms with E-state index >= 15 is 0 Å². The van der Waals surface area contributed by atoms with Gasteiger partial charge >= 0.3 is 15.6 Å². The van der Waals surface area contributed by atoms with Crippen LogP contribution in [0.5, 0.6) is 0 Å². The van der Waals surface area contributed by atoms with Gasteiger partial charge in [-0.3, -0.25) is 27.5 Å². The summed E-state index contributed by atoms with van der Waals surface area (Å²) in [7, 11) is -10.1. The molecule has 4 aromatic rings. The molecule has 21 nitrogen and oxygen atoms in total. The van der Waals surface area contributed by atoms with Gasteiger partial charge in [-0.05, 0) is 6.07 Å². The first-order valence-electron chi connectivity index (χ1n) is 12.9. The summed E-state index contributed by atoms with van der Waals surface area (Å²) in [5.74, 6) is 0. The van der Waals surface area contributed by atoms with Crippen molar-refractivity contribution in [3.8, 4) is 0 Å². The van der Waals surface area contributed by atoms with Crippen LogP contribution < -0.4 is 11.3 Å². The topological polar surface area (TPSA) is 291 Å². The standard InChI is InChI=1S/C21H24N8O13P2/c22-9-1-2-23-18-12(9)26-7-28(18)20-14(31)15-11(40-20)5-38-44(35,36)42-16-13(30)10(4-37-43(33,34)41-15)39-21(16)29-17-8(3-27-29)19(32)25-6-24-17/h1-3,6-7,10-11,13-16,20-21,30-31H,4-5H2,(H2,22,23)(H,33,34)(H,35,36)(H,24,25,32)/t10-,11-,13-,14-,15-,16-,20-,21-/m1/s1. The molecule has 23 heteroatoms. The molecule has 3 fully saturated rings. The van der Waals surface area contributed by atoms with E-state index in [9.17, 15) is 33.9 Å². The van der Waals surface area contributed by atoms with Crippen LogP contribution in [0.4, 0.5) is 5.69 Å². The van der Waals surface area contributed by atoms with Crippen molar-refractivity contribution in [2.75, 3.05) is 18.9 Å². The maximum Gasteiger partial charge on any atom is 0.472 e. The van der Waals surface area contributed by atoms with Gasteiger partial charge in [-0.2, -0.15) is 5.10 Å². The number of hydrogen-bond acceptors (Lipinski definition) is 16. The zero-order chi connectivity index (χ0) is 31.0. The van der Waals surface area contributed by atoms with Gasteiger partial charge in [0.05, 0.1) is 37.8 Å². The van der Waals surface area contributed by atoms with Crippen LogP contribution in [0.2, 0.25) is 0 Å². The van der Waals surface area contributed by atoms with Crippen LogP contribution >= 0.6 is 15.6 Å². The third-order valence-electron chi connectivity index (χ3n) is 7.34. The number of pyridine rings is 1. The van der Waals surface area contributed by atoms with Gasteiger partial charge < -0.3 is 40.2 Å². The Bertz CT molecular complexity index is 1880. The Morgan fingerprint density at radius 1 is 0.932 bits per heavy atom. The lowest BCUT2D eigenvalue weighted by atomic mass is 10.1. The second-order valence-corrected chi connectivity index (χ2v) is 12.9. The fraction of sp³-hybridized carbons (Fsp3) is 0.476. The molecule has 7 N–H and O–H groups in total. The number of nitrogens with zero attached hydrogens (tertiary/aromatic N) is 6. The van der Waals surface area contributed by atoms with Gasteiger partial charge in [0, 0.05) is 6.20 Å². The van der Waals surface area contributed by atoms with E-state index in [0.717, 1.165) is 17.2 Å². The predicted octanol–water partition coefficient (Wildman–Crippen LogP) is -1.32. The minimum Gasteiger partial charge on any atom is -0.397 e. The van der Waals surface area contributed by atoms with Crippen LogP contribution in [0.1, 0.15) is 12.5 Å². The number of rotatable bonds is 2. The number of phosphoric ester groups is 2. The van der Waals surface area contributed by atoms with Crippen molar-refractivity contribution in [1.82, 2.24) is 34.3 Å². The Hall–Kier alpha value is -3.17. The molecule has 3 aliphatic rings. The summed E-state index contributed by atoms with van der Waals surface area (Å²) < 4.78 is 61.0. The highest BCUT2D eigenvalue weighted by molar-refractivity contribution is 7.47. The summed E-state index contributed by atoms with van der Waals surface area (Å²) in [6.45, 7) is -1.60. The fourth-order valence-corrected chi connectivity index (χ4v) is 7.18. The highest BCUT2D eigenvalue weighted by Crippen LogP contribution is 2.53. The summed E-state index contributed by atoms with van der Waals surface area (Å²) in [4.78, 5) is 48.2. The van der Waals surface area contributed by atoms with Crippen LogP contribution in [0.3, 0.4) is 0 Å². The largest absolute Gasteiger partial charge is 0.472 e. The van der Waals surface area contributed by atoms with E-state index in [1.165, 1.54) is 23.2 Å². The maximum absolute atomic E-state index is 13.2. The number of aromatic nitrogens is 7. The van der Waals surface area contributed by atoms with Gasteiger partial charge in [-0.25, -0.2) is 28.8 Å². The average Bonchev–Trinajstić information content (AvgIpc) is 3.73. The Balaban J connectivity index is 1.20. The number of H-pyrrole nitrogens is 1. The van der Waals surface area contributed by atoms with Gasteiger partial charge in [0.1, 0.15) is 47.5 Å². The third kappa shape index (κ3) is 5.06. The Morgan fingerprint density at radius 3 is 2.41 bits per heavy atom. The molecule has 7 rings (SSSR count). The molecule has 3 saturated heterocycles. The summed E-state index contributed by atoms with van der Waals surface area (Å²) in [5.41, 5.74) is 6.18. The molecule has 0 saturated carbocycles. The smallest absolute Gasteiger partial charge is 0.397 e. The van der Waals surface area contributed by atoms with E-state index in [4.69, 9.17) is 33.3 Å². The lowest BCUT2D eigenvalue weighted by Crippen LogP contribution is -2.36. The van der Waals surface area contributed by atoms with Crippen molar-refractivity contribution in [1.29, 1.82) is 0 Å². The second-order valence-electron chi connectivity index (χ2n) is 10.1. The van der Waals surface area contributed by atoms with Crippen molar-refractivity contribution < 1.29 is 56.7 Å². The number of nitrogen functional groups attached to an aromatic ring is 1. The van der Waals surface area contributed by atoms with Crippen LogP contribution in [0.15, 0.2) is 35.9 Å². The molecular formula is C21H24N8O13P2. The van der Waals surface area contributed by atoms with Gasteiger partial charge in [-0.1, -0.05) is 0 Å². The first kappa shape index (κ1) is 29.5. The molecule has 7 heterocycles. The quantitative estimate of drug-likeness (QED) is 0.136. The Kier molecular flexibility index (Phi) is 7.20. The van der Waals surface area contributed by atoms with E-state index in [1.54, 1.807) is 0 Å². The first-order valence-corrected chi connectivity index (χ1v) is 15.9.